The minimum Gasteiger partial charge on any atom is -0.493 e. The molecule has 2 aromatic carbocycles. The van der Waals surface area contributed by atoms with Gasteiger partial charge in [-0.15, -0.1) is 0 Å². The Labute approximate surface area is 197 Å². The number of methoxy groups -OCH3 is 1. The van der Waals surface area contributed by atoms with Gasteiger partial charge < -0.3 is 18.9 Å². The van der Waals surface area contributed by atoms with Gasteiger partial charge in [-0.1, -0.05) is 6.07 Å². The number of rotatable bonds is 8. The summed E-state index contributed by atoms with van der Waals surface area (Å²) in [5, 5.41) is 11.2. The summed E-state index contributed by atoms with van der Waals surface area (Å²) in [6.07, 6.45) is 1.48. The molecule has 0 N–H and O–H groups in total. The SMILES string of the molecule is CCOC(=O)COc1c(Br)cc(/C=C2\N=C(c3cccc([N+](=O)[O-])c3C)OC2=O)cc1OC. The largest absolute Gasteiger partial charge is 0.493 e. The molecule has 0 amide bonds. The average Bonchev–Trinajstić information content (AvgIpc) is 3.12. The van der Waals surface area contributed by atoms with Crippen LogP contribution in [0, 0.1) is 17.0 Å². The van der Waals surface area contributed by atoms with Crippen LogP contribution < -0.4 is 9.47 Å². The lowest BCUT2D eigenvalue weighted by atomic mass is 10.1. The molecule has 0 saturated carbocycles. The first kappa shape index (κ1) is 23.9. The molecule has 0 unspecified atom stereocenters. The Morgan fingerprint density at radius 2 is 2.09 bits per heavy atom. The molecule has 1 aliphatic heterocycles. The number of benzene rings is 2. The molecule has 3 rings (SSSR count). The summed E-state index contributed by atoms with van der Waals surface area (Å²) in [6.45, 7) is 3.19. The van der Waals surface area contributed by atoms with Crippen molar-refractivity contribution in [2.24, 2.45) is 4.99 Å². The molecule has 0 atom stereocenters. The Kier molecular flexibility index (Phi) is 7.44. The van der Waals surface area contributed by atoms with Crippen molar-refractivity contribution in [2.45, 2.75) is 13.8 Å². The maximum atomic E-state index is 12.4. The quantitative estimate of drug-likeness (QED) is 0.222. The van der Waals surface area contributed by atoms with Crippen LogP contribution >= 0.6 is 15.9 Å². The lowest BCUT2D eigenvalue weighted by Gasteiger charge is -2.13. The van der Waals surface area contributed by atoms with Gasteiger partial charge in [0.25, 0.3) is 5.69 Å². The van der Waals surface area contributed by atoms with Crippen molar-refractivity contribution in [3.05, 3.63) is 67.3 Å². The van der Waals surface area contributed by atoms with E-state index < -0.39 is 16.9 Å². The van der Waals surface area contributed by atoms with E-state index in [-0.39, 0.29) is 36.2 Å². The van der Waals surface area contributed by atoms with Gasteiger partial charge in [0, 0.05) is 17.2 Å². The summed E-state index contributed by atoms with van der Waals surface area (Å²) in [6, 6.07) is 7.69. The number of carbonyl (C=O) groups is 2. The molecule has 0 aliphatic carbocycles. The first-order valence-electron chi connectivity index (χ1n) is 9.68. The second kappa shape index (κ2) is 10.3. The van der Waals surface area contributed by atoms with Crippen molar-refractivity contribution >= 4 is 45.5 Å². The number of halogens is 1. The van der Waals surface area contributed by atoms with Crippen LogP contribution in [0.2, 0.25) is 0 Å². The van der Waals surface area contributed by atoms with Crippen molar-refractivity contribution in [3.8, 4) is 11.5 Å². The number of ether oxygens (including phenoxy) is 4. The van der Waals surface area contributed by atoms with Crippen molar-refractivity contribution < 1.29 is 33.5 Å². The Balaban J connectivity index is 1.91. The highest BCUT2D eigenvalue weighted by Crippen LogP contribution is 2.37. The lowest BCUT2D eigenvalue weighted by molar-refractivity contribution is -0.385. The smallest absolute Gasteiger partial charge is 0.363 e. The second-order valence-corrected chi connectivity index (χ2v) is 7.53. The lowest BCUT2D eigenvalue weighted by Crippen LogP contribution is -2.15. The summed E-state index contributed by atoms with van der Waals surface area (Å²) in [5.41, 5.74) is 1.13. The van der Waals surface area contributed by atoms with E-state index in [9.17, 15) is 19.7 Å². The van der Waals surface area contributed by atoms with Gasteiger partial charge in [-0.3, -0.25) is 10.1 Å². The second-order valence-electron chi connectivity index (χ2n) is 6.67. The van der Waals surface area contributed by atoms with E-state index >= 15 is 0 Å². The van der Waals surface area contributed by atoms with E-state index in [1.54, 1.807) is 32.0 Å². The molecular weight excluding hydrogens is 500 g/mol. The number of nitro benzene ring substituents is 1. The molecular formula is C22H19BrN2O8. The average molecular weight is 519 g/mol. The molecule has 1 aliphatic rings. The highest BCUT2D eigenvalue weighted by molar-refractivity contribution is 9.10. The fourth-order valence-corrected chi connectivity index (χ4v) is 3.61. The predicted molar refractivity (Wildman–Crippen MR) is 121 cm³/mol. The van der Waals surface area contributed by atoms with Crippen LogP contribution in [0.3, 0.4) is 0 Å². The first-order valence-corrected chi connectivity index (χ1v) is 10.5. The fraction of sp³-hybridized carbons (Fsp3) is 0.227. The van der Waals surface area contributed by atoms with Crippen LogP contribution in [0.5, 0.6) is 11.5 Å². The molecule has 0 fully saturated rings. The molecule has 33 heavy (non-hydrogen) atoms. The monoisotopic (exact) mass is 518 g/mol. The van der Waals surface area contributed by atoms with Gasteiger partial charge in [0.2, 0.25) is 5.90 Å². The van der Waals surface area contributed by atoms with E-state index in [1.165, 1.54) is 25.3 Å². The minimum absolute atomic E-state index is 0.00468. The Morgan fingerprint density at radius 3 is 2.76 bits per heavy atom. The predicted octanol–water partition coefficient (Wildman–Crippen LogP) is 3.96. The first-order chi connectivity index (χ1) is 15.7. The standard InChI is InChI=1S/C22H19BrN2O8/c1-4-31-19(26)11-32-20-15(23)8-13(10-18(20)30-3)9-16-22(27)33-21(24-16)14-6-5-7-17(12(14)2)25(28)29/h5-10H,4,11H2,1-3H3/b16-9-. The van der Waals surface area contributed by atoms with E-state index in [4.69, 9.17) is 18.9 Å². The van der Waals surface area contributed by atoms with Gasteiger partial charge in [-0.2, -0.15) is 0 Å². The third-order valence-electron chi connectivity index (χ3n) is 4.55. The van der Waals surface area contributed by atoms with Crippen LogP contribution in [0.1, 0.15) is 23.6 Å². The van der Waals surface area contributed by atoms with Crippen LogP contribution in [0.25, 0.3) is 6.08 Å². The van der Waals surface area contributed by atoms with Crippen LogP contribution in [0.4, 0.5) is 5.69 Å². The van der Waals surface area contributed by atoms with Crippen molar-refractivity contribution in [2.75, 3.05) is 20.3 Å². The summed E-state index contributed by atoms with van der Waals surface area (Å²) in [7, 11) is 1.43. The molecule has 1 heterocycles. The zero-order valence-corrected chi connectivity index (χ0v) is 19.5. The summed E-state index contributed by atoms with van der Waals surface area (Å²) >= 11 is 3.37. The number of nitro groups is 1. The fourth-order valence-electron chi connectivity index (χ4n) is 3.03. The van der Waals surface area contributed by atoms with E-state index in [1.807, 2.05) is 0 Å². The Bertz CT molecular complexity index is 1190. The Hall–Kier alpha value is -3.73. The van der Waals surface area contributed by atoms with Crippen LogP contribution in [0.15, 0.2) is 45.5 Å². The van der Waals surface area contributed by atoms with Gasteiger partial charge in [-0.25, -0.2) is 14.6 Å². The number of cyclic esters (lactones) is 1. The number of nitrogens with zero attached hydrogens (tertiary/aromatic N) is 2. The molecule has 0 saturated heterocycles. The van der Waals surface area contributed by atoms with Gasteiger partial charge in [0.15, 0.2) is 23.8 Å². The topological polar surface area (TPSA) is 127 Å². The Morgan fingerprint density at radius 1 is 1.33 bits per heavy atom. The zero-order valence-electron chi connectivity index (χ0n) is 17.9. The van der Waals surface area contributed by atoms with E-state index in [0.717, 1.165) is 0 Å². The summed E-state index contributed by atoms with van der Waals surface area (Å²) in [4.78, 5) is 38.8. The molecule has 0 radical (unpaired) electrons. The number of hydrogen-bond donors (Lipinski definition) is 0. The number of esters is 2. The number of carbonyl (C=O) groups excluding carboxylic acids is 2. The van der Waals surface area contributed by atoms with Gasteiger partial charge >= 0.3 is 11.9 Å². The van der Waals surface area contributed by atoms with Crippen molar-refractivity contribution in [1.82, 2.24) is 0 Å². The van der Waals surface area contributed by atoms with Crippen LogP contribution in [-0.4, -0.2) is 43.1 Å². The molecule has 172 valence electrons. The number of hydrogen-bond acceptors (Lipinski definition) is 9. The third kappa shape index (κ3) is 5.37. The third-order valence-corrected chi connectivity index (χ3v) is 5.14. The minimum atomic E-state index is -0.700. The van der Waals surface area contributed by atoms with Gasteiger partial charge in [0.05, 0.1) is 23.1 Å². The molecule has 2 aromatic rings. The maximum absolute atomic E-state index is 12.4. The van der Waals surface area contributed by atoms with Crippen LogP contribution in [-0.2, 0) is 19.1 Å². The van der Waals surface area contributed by atoms with E-state index in [0.29, 0.717) is 26.9 Å². The molecule has 0 spiro atoms. The van der Waals surface area contributed by atoms with Gasteiger partial charge in [0.1, 0.15) is 0 Å². The molecule has 0 aromatic heterocycles. The van der Waals surface area contributed by atoms with Crippen molar-refractivity contribution in [1.29, 1.82) is 0 Å². The van der Waals surface area contributed by atoms with E-state index in [2.05, 4.69) is 20.9 Å². The zero-order chi connectivity index (χ0) is 24.1. The highest BCUT2D eigenvalue weighted by Gasteiger charge is 2.27. The molecule has 10 nitrogen and oxygen atoms in total. The summed E-state index contributed by atoms with van der Waals surface area (Å²) < 4.78 is 21.4. The summed E-state index contributed by atoms with van der Waals surface area (Å²) in [5.74, 6) is -0.644. The molecule has 11 heteroatoms. The van der Waals surface area contributed by atoms with Crippen molar-refractivity contribution in [3.63, 3.8) is 0 Å². The maximum Gasteiger partial charge on any atom is 0.363 e. The number of aliphatic imine (C=N–C) groups is 1. The molecule has 0 bridgehead atoms. The normalized spacial score (nSPS) is 14.0. The van der Waals surface area contributed by atoms with Gasteiger partial charge in [-0.05, 0) is 59.6 Å². The highest BCUT2D eigenvalue weighted by atomic mass is 79.9.